The first-order chi connectivity index (χ1) is 9.60. The summed E-state index contributed by atoms with van der Waals surface area (Å²) in [5.41, 5.74) is 0. The van der Waals surface area contributed by atoms with Gasteiger partial charge in [0, 0.05) is 18.9 Å². The molecule has 0 amide bonds. The Morgan fingerprint density at radius 1 is 1.00 bits per heavy atom. The summed E-state index contributed by atoms with van der Waals surface area (Å²) in [5, 5.41) is 0. The Balaban J connectivity index is 0.000000690. The van der Waals surface area contributed by atoms with Crippen LogP contribution in [0.15, 0.2) is 12.4 Å². The molecular weight excluding hydrogens is 320 g/mol. The quantitative estimate of drug-likeness (QED) is 0.669. The van der Waals surface area contributed by atoms with Crippen molar-refractivity contribution in [2.75, 3.05) is 19.0 Å². The molecule has 21 heavy (non-hydrogen) atoms. The normalized spacial score (nSPS) is 15.0. The maximum Gasteiger partial charge on any atom is 0.394 e. The molecule has 10 heteroatoms. The topological polar surface area (TPSA) is 115 Å². The first-order valence-corrected chi connectivity index (χ1v) is 9.72. The van der Waals surface area contributed by atoms with Crippen LogP contribution in [0, 0.1) is 0 Å². The molecular formula is C11H24N2O6S2. The van der Waals surface area contributed by atoms with Gasteiger partial charge >= 0.3 is 10.4 Å². The van der Waals surface area contributed by atoms with E-state index in [1.165, 1.54) is 4.31 Å². The summed E-state index contributed by atoms with van der Waals surface area (Å²) in [7, 11) is -7.74. The molecule has 0 saturated heterocycles. The molecule has 0 saturated carbocycles. The van der Waals surface area contributed by atoms with E-state index in [9.17, 15) is 8.42 Å². The van der Waals surface area contributed by atoms with Crippen molar-refractivity contribution in [2.45, 2.75) is 39.5 Å². The van der Waals surface area contributed by atoms with E-state index >= 15 is 0 Å². The van der Waals surface area contributed by atoms with Crippen molar-refractivity contribution in [1.29, 1.82) is 0 Å². The van der Waals surface area contributed by atoms with Gasteiger partial charge in [-0.2, -0.15) is 8.42 Å². The van der Waals surface area contributed by atoms with Gasteiger partial charge in [0.2, 0.25) is 10.0 Å². The smallest absolute Gasteiger partial charge is 0.358 e. The highest BCUT2D eigenvalue weighted by atomic mass is 32.3. The second kappa shape index (κ2) is 9.23. The molecule has 0 atom stereocenters. The fourth-order valence-electron chi connectivity index (χ4n) is 1.57. The minimum Gasteiger partial charge on any atom is -0.358 e. The second-order valence-electron chi connectivity index (χ2n) is 4.61. The lowest BCUT2D eigenvalue weighted by Gasteiger charge is -2.20. The van der Waals surface area contributed by atoms with Crippen molar-refractivity contribution in [1.82, 2.24) is 9.21 Å². The van der Waals surface area contributed by atoms with Gasteiger partial charge in [0.05, 0.1) is 5.75 Å². The zero-order valence-corrected chi connectivity index (χ0v) is 14.0. The SMILES string of the molecule is CCCCN1C=CN(S(=O)(=O)CCCC)C1.O=S(=O)(O)O. The van der Waals surface area contributed by atoms with Crippen molar-refractivity contribution in [2.24, 2.45) is 0 Å². The molecule has 1 rings (SSSR count). The number of unbranched alkanes of at least 4 members (excludes halogenated alkanes) is 2. The highest BCUT2D eigenvalue weighted by molar-refractivity contribution is 7.89. The standard InChI is InChI=1S/C11H22N2O2S.H2O4S/c1-3-5-7-12-8-9-13(11-12)16(14,15)10-6-4-2;1-5(2,3)4/h8-9H,3-7,10-11H2,1-2H3;(H2,1,2,3,4). The number of hydrogen-bond donors (Lipinski definition) is 2. The van der Waals surface area contributed by atoms with E-state index in [4.69, 9.17) is 17.5 Å². The third-order valence-electron chi connectivity index (χ3n) is 2.68. The van der Waals surface area contributed by atoms with E-state index in [-0.39, 0.29) is 5.75 Å². The fourth-order valence-corrected chi connectivity index (χ4v) is 3.03. The zero-order chi connectivity index (χ0) is 16.5. The summed E-state index contributed by atoms with van der Waals surface area (Å²) in [6, 6.07) is 0. The van der Waals surface area contributed by atoms with Gasteiger partial charge in [0.15, 0.2) is 0 Å². The van der Waals surface area contributed by atoms with Crippen LogP contribution in [0.3, 0.4) is 0 Å². The summed E-state index contributed by atoms with van der Waals surface area (Å²) in [6.45, 7) is 5.57. The van der Waals surface area contributed by atoms with Crippen molar-refractivity contribution in [3.8, 4) is 0 Å². The third-order valence-corrected chi connectivity index (χ3v) is 4.43. The van der Waals surface area contributed by atoms with Gasteiger partial charge in [0.1, 0.15) is 6.67 Å². The Morgan fingerprint density at radius 3 is 2.00 bits per heavy atom. The van der Waals surface area contributed by atoms with E-state index in [2.05, 4.69) is 6.92 Å². The van der Waals surface area contributed by atoms with E-state index < -0.39 is 20.4 Å². The minimum atomic E-state index is -4.67. The maximum absolute atomic E-state index is 11.9. The highest BCUT2D eigenvalue weighted by Crippen LogP contribution is 2.14. The maximum atomic E-state index is 11.9. The average molecular weight is 344 g/mol. The molecule has 126 valence electrons. The molecule has 0 aromatic heterocycles. The number of nitrogens with zero attached hydrogens (tertiary/aromatic N) is 2. The minimum absolute atomic E-state index is 0.259. The van der Waals surface area contributed by atoms with E-state index in [1.54, 1.807) is 6.20 Å². The van der Waals surface area contributed by atoms with Gasteiger partial charge in [-0.1, -0.05) is 26.7 Å². The molecule has 0 aromatic carbocycles. The molecule has 0 aromatic rings. The summed E-state index contributed by atoms with van der Waals surface area (Å²) in [6.07, 6.45) is 7.44. The van der Waals surface area contributed by atoms with Crippen molar-refractivity contribution in [3.05, 3.63) is 12.4 Å². The van der Waals surface area contributed by atoms with E-state index in [1.807, 2.05) is 18.0 Å². The Labute approximate surface area is 127 Å². The summed E-state index contributed by atoms with van der Waals surface area (Å²) < 4.78 is 56.8. The molecule has 1 heterocycles. The van der Waals surface area contributed by atoms with Crippen LogP contribution in [0.5, 0.6) is 0 Å². The fraction of sp³-hybridized carbons (Fsp3) is 0.818. The van der Waals surface area contributed by atoms with Crippen LogP contribution in [0.1, 0.15) is 39.5 Å². The molecule has 0 spiro atoms. The summed E-state index contributed by atoms with van der Waals surface area (Å²) in [4.78, 5) is 2.05. The zero-order valence-electron chi connectivity index (χ0n) is 12.3. The molecule has 0 fully saturated rings. The molecule has 0 radical (unpaired) electrons. The largest absolute Gasteiger partial charge is 0.394 e. The third kappa shape index (κ3) is 10.5. The molecule has 0 bridgehead atoms. The van der Waals surface area contributed by atoms with Crippen LogP contribution in [0.4, 0.5) is 0 Å². The average Bonchev–Trinajstić information content (AvgIpc) is 2.81. The lowest BCUT2D eigenvalue weighted by Crippen LogP contribution is -2.32. The van der Waals surface area contributed by atoms with Gasteiger partial charge in [-0.05, 0) is 12.8 Å². The van der Waals surface area contributed by atoms with Crippen molar-refractivity contribution < 1.29 is 25.9 Å². The van der Waals surface area contributed by atoms with Crippen molar-refractivity contribution in [3.63, 3.8) is 0 Å². The van der Waals surface area contributed by atoms with Crippen LogP contribution in [-0.2, 0) is 20.4 Å². The number of sulfonamides is 1. The van der Waals surface area contributed by atoms with Crippen LogP contribution in [-0.4, -0.2) is 54.1 Å². The monoisotopic (exact) mass is 344 g/mol. The molecule has 1 aliphatic rings. The van der Waals surface area contributed by atoms with Crippen molar-refractivity contribution >= 4 is 20.4 Å². The van der Waals surface area contributed by atoms with Crippen LogP contribution >= 0.6 is 0 Å². The molecule has 8 nitrogen and oxygen atoms in total. The first-order valence-electron chi connectivity index (χ1n) is 6.72. The first kappa shape index (κ1) is 20.2. The number of rotatable bonds is 7. The molecule has 0 unspecified atom stereocenters. The van der Waals surface area contributed by atoms with Crippen LogP contribution in [0.25, 0.3) is 0 Å². The van der Waals surface area contributed by atoms with Gasteiger partial charge in [0.25, 0.3) is 0 Å². The predicted octanol–water partition coefficient (Wildman–Crippen LogP) is 1.31. The summed E-state index contributed by atoms with van der Waals surface area (Å²) in [5.74, 6) is 0.259. The van der Waals surface area contributed by atoms with Gasteiger partial charge in [-0.15, -0.1) is 0 Å². The molecule has 1 aliphatic heterocycles. The Kier molecular flexibility index (Phi) is 8.86. The highest BCUT2D eigenvalue weighted by Gasteiger charge is 2.23. The van der Waals surface area contributed by atoms with E-state index in [0.29, 0.717) is 6.67 Å². The van der Waals surface area contributed by atoms with Gasteiger partial charge in [-0.3, -0.25) is 13.4 Å². The van der Waals surface area contributed by atoms with Crippen LogP contribution in [0.2, 0.25) is 0 Å². The predicted molar refractivity (Wildman–Crippen MR) is 80.3 cm³/mol. The van der Waals surface area contributed by atoms with Crippen LogP contribution < -0.4 is 0 Å². The Morgan fingerprint density at radius 2 is 1.52 bits per heavy atom. The lowest BCUT2D eigenvalue weighted by molar-refractivity contribution is 0.328. The number of hydrogen-bond acceptors (Lipinski definition) is 5. The van der Waals surface area contributed by atoms with Gasteiger partial charge < -0.3 is 4.90 Å². The molecule has 0 aliphatic carbocycles. The van der Waals surface area contributed by atoms with Gasteiger partial charge in [-0.25, -0.2) is 8.42 Å². The summed E-state index contributed by atoms with van der Waals surface area (Å²) >= 11 is 0. The second-order valence-corrected chi connectivity index (χ2v) is 7.55. The lowest BCUT2D eigenvalue weighted by atomic mass is 10.3. The Hall–Kier alpha value is -0.840. The molecule has 2 N–H and O–H groups in total. The van der Waals surface area contributed by atoms with E-state index in [0.717, 1.165) is 32.2 Å². The Bertz CT molecular complexity index is 507.